The molecule has 5 rings (SSSR count). The monoisotopic (exact) mass is 394 g/mol. The molecule has 3 aromatic rings. The number of H-pyrrole nitrogens is 1. The molecule has 0 atom stereocenters. The molecule has 0 amide bonds. The van der Waals surface area contributed by atoms with E-state index in [9.17, 15) is 4.79 Å². The number of likely N-dealkylation sites (tertiary alicyclic amines) is 2. The maximum Gasteiger partial charge on any atom is 0.326 e. The predicted molar refractivity (Wildman–Crippen MR) is 114 cm³/mol. The van der Waals surface area contributed by atoms with Crippen LogP contribution in [0.15, 0.2) is 41.6 Å². The highest BCUT2D eigenvalue weighted by atomic mass is 16.1. The molecule has 1 N–H and O–H groups in total. The Labute approximate surface area is 170 Å². The van der Waals surface area contributed by atoms with Crippen molar-refractivity contribution in [2.75, 3.05) is 26.2 Å². The normalized spacial score (nSPS) is 20.6. The number of benzene rings is 1. The molecule has 7 heteroatoms. The molecule has 0 unspecified atom stereocenters. The van der Waals surface area contributed by atoms with Gasteiger partial charge in [0.2, 0.25) is 0 Å². The van der Waals surface area contributed by atoms with Gasteiger partial charge in [0.25, 0.3) is 0 Å². The third-order valence-electron chi connectivity index (χ3n) is 6.71. The minimum Gasteiger partial charge on any atom is -0.340 e. The van der Waals surface area contributed by atoms with Crippen molar-refractivity contribution in [2.45, 2.75) is 44.3 Å². The zero-order chi connectivity index (χ0) is 19.8. The van der Waals surface area contributed by atoms with E-state index in [-0.39, 0.29) is 5.69 Å². The fourth-order valence-corrected chi connectivity index (χ4v) is 5.17. The van der Waals surface area contributed by atoms with Crippen molar-refractivity contribution < 1.29 is 0 Å². The summed E-state index contributed by atoms with van der Waals surface area (Å²) in [6.07, 6.45) is 8.55. The first-order valence-corrected chi connectivity index (χ1v) is 10.8. The van der Waals surface area contributed by atoms with Crippen LogP contribution in [-0.4, -0.2) is 61.1 Å². The molecule has 0 spiro atoms. The Kier molecular flexibility index (Phi) is 5.01. The first kappa shape index (κ1) is 18.6. The summed E-state index contributed by atoms with van der Waals surface area (Å²) >= 11 is 0. The van der Waals surface area contributed by atoms with Crippen molar-refractivity contribution in [1.29, 1.82) is 0 Å². The van der Waals surface area contributed by atoms with Crippen molar-refractivity contribution in [2.24, 2.45) is 7.05 Å². The van der Waals surface area contributed by atoms with Crippen LogP contribution >= 0.6 is 0 Å². The number of fused-ring (bicyclic) bond motifs is 1. The van der Waals surface area contributed by atoms with Gasteiger partial charge >= 0.3 is 5.69 Å². The van der Waals surface area contributed by atoms with Crippen molar-refractivity contribution >= 4 is 11.0 Å². The summed E-state index contributed by atoms with van der Waals surface area (Å²) in [5.41, 5.74) is 3.18. The van der Waals surface area contributed by atoms with Crippen LogP contribution in [0, 0.1) is 0 Å². The molecule has 0 bridgehead atoms. The van der Waals surface area contributed by atoms with Crippen LogP contribution in [-0.2, 0) is 13.6 Å². The van der Waals surface area contributed by atoms with Gasteiger partial charge in [0.15, 0.2) is 0 Å². The number of nitrogens with one attached hydrogen (secondary N) is 1. The Hall–Kier alpha value is -2.38. The maximum absolute atomic E-state index is 12.5. The molecule has 0 aliphatic carbocycles. The zero-order valence-electron chi connectivity index (χ0n) is 17.1. The third kappa shape index (κ3) is 3.76. The molecule has 7 nitrogen and oxygen atoms in total. The number of hydrogen-bond donors (Lipinski definition) is 1. The lowest BCUT2D eigenvalue weighted by Crippen LogP contribution is -2.48. The number of rotatable bonds is 4. The van der Waals surface area contributed by atoms with Gasteiger partial charge in [0.1, 0.15) is 0 Å². The largest absolute Gasteiger partial charge is 0.340 e. The fourth-order valence-electron chi connectivity index (χ4n) is 5.17. The molecule has 2 aromatic heterocycles. The second-order valence-electron chi connectivity index (χ2n) is 8.62. The number of piperidine rings is 2. The highest BCUT2D eigenvalue weighted by molar-refractivity contribution is 5.75. The molecule has 0 saturated carbocycles. The van der Waals surface area contributed by atoms with Gasteiger partial charge in [-0.05, 0) is 37.8 Å². The van der Waals surface area contributed by atoms with Crippen molar-refractivity contribution in [1.82, 2.24) is 28.9 Å². The Morgan fingerprint density at radius 3 is 2.48 bits per heavy atom. The van der Waals surface area contributed by atoms with Gasteiger partial charge in [-0.1, -0.05) is 12.1 Å². The van der Waals surface area contributed by atoms with E-state index in [0.29, 0.717) is 12.1 Å². The van der Waals surface area contributed by atoms with Crippen LogP contribution < -0.4 is 5.69 Å². The van der Waals surface area contributed by atoms with Crippen LogP contribution in [0.25, 0.3) is 11.0 Å². The van der Waals surface area contributed by atoms with Crippen LogP contribution in [0.2, 0.25) is 0 Å². The minimum absolute atomic E-state index is 0.0347. The summed E-state index contributed by atoms with van der Waals surface area (Å²) in [4.78, 5) is 25.1. The first-order valence-electron chi connectivity index (χ1n) is 10.8. The van der Waals surface area contributed by atoms with E-state index in [1.807, 2.05) is 40.7 Å². The SMILES string of the molecule is Cn1cnc(CN2CCC(N3CCC(n4c(=O)[nH]c5ccccc54)CC3)CC2)c1. The molecule has 1 aromatic carbocycles. The Balaban J connectivity index is 1.16. The molecule has 29 heavy (non-hydrogen) atoms. The van der Waals surface area contributed by atoms with Gasteiger partial charge in [-0.3, -0.25) is 9.47 Å². The van der Waals surface area contributed by atoms with Gasteiger partial charge in [-0.2, -0.15) is 0 Å². The van der Waals surface area contributed by atoms with E-state index in [1.165, 1.54) is 12.8 Å². The topological polar surface area (TPSA) is 62.1 Å². The van der Waals surface area contributed by atoms with Gasteiger partial charge < -0.3 is 14.5 Å². The van der Waals surface area contributed by atoms with E-state index < -0.39 is 0 Å². The second kappa shape index (κ2) is 7.80. The maximum atomic E-state index is 12.5. The average Bonchev–Trinajstić information content (AvgIpc) is 3.30. The Bertz CT molecular complexity index is 1020. The summed E-state index contributed by atoms with van der Waals surface area (Å²) < 4.78 is 4.01. The lowest BCUT2D eigenvalue weighted by atomic mass is 9.97. The van der Waals surface area contributed by atoms with E-state index in [2.05, 4.69) is 32.0 Å². The van der Waals surface area contributed by atoms with Crippen LogP contribution in [0.1, 0.15) is 37.4 Å². The molecule has 2 aliphatic rings. The molecule has 154 valence electrons. The highest BCUT2D eigenvalue weighted by Crippen LogP contribution is 2.28. The minimum atomic E-state index is 0.0347. The van der Waals surface area contributed by atoms with E-state index in [4.69, 9.17) is 0 Å². The van der Waals surface area contributed by atoms with E-state index >= 15 is 0 Å². The summed E-state index contributed by atoms with van der Waals surface area (Å²) in [7, 11) is 2.02. The molecule has 0 radical (unpaired) electrons. The van der Waals surface area contributed by atoms with E-state index in [1.54, 1.807) is 0 Å². The van der Waals surface area contributed by atoms with E-state index in [0.717, 1.165) is 62.3 Å². The molecule has 4 heterocycles. The predicted octanol–water partition coefficient (Wildman–Crippen LogP) is 2.36. The second-order valence-corrected chi connectivity index (χ2v) is 8.62. The smallest absolute Gasteiger partial charge is 0.326 e. The van der Waals surface area contributed by atoms with Crippen molar-refractivity contribution in [3.63, 3.8) is 0 Å². The van der Waals surface area contributed by atoms with Crippen LogP contribution in [0.5, 0.6) is 0 Å². The zero-order valence-corrected chi connectivity index (χ0v) is 17.1. The van der Waals surface area contributed by atoms with Crippen molar-refractivity contribution in [3.05, 3.63) is 53.0 Å². The fraction of sp³-hybridized carbons (Fsp3) is 0.545. The van der Waals surface area contributed by atoms with Crippen LogP contribution in [0.3, 0.4) is 0 Å². The number of imidazole rings is 2. The standard InChI is InChI=1S/C22H30N6O/c1-25-14-17(23-16-25)15-26-10-6-18(7-11-26)27-12-8-19(9-13-27)28-21-5-3-2-4-20(21)24-22(28)29/h2-5,14,16,18-19H,6-13,15H2,1H3,(H,24,29). The van der Waals surface area contributed by atoms with Crippen LogP contribution in [0.4, 0.5) is 0 Å². The van der Waals surface area contributed by atoms with Gasteiger partial charge in [-0.15, -0.1) is 0 Å². The summed E-state index contributed by atoms with van der Waals surface area (Å²) in [6, 6.07) is 9.01. The number of hydrogen-bond acceptors (Lipinski definition) is 4. The molecule has 2 saturated heterocycles. The lowest BCUT2D eigenvalue weighted by Gasteiger charge is -2.41. The molecular formula is C22H30N6O. The third-order valence-corrected chi connectivity index (χ3v) is 6.71. The average molecular weight is 395 g/mol. The first-order chi connectivity index (χ1) is 14.2. The van der Waals surface area contributed by atoms with Crippen molar-refractivity contribution in [3.8, 4) is 0 Å². The summed E-state index contributed by atoms with van der Waals surface area (Å²) in [5, 5.41) is 0. The number of nitrogens with zero attached hydrogens (tertiary/aromatic N) is 5. The van der Waals surface area contributed by atoms with Gasteiger partial charge in [0.05, 0.1) is 23.1 Å². The summed E-state index contributed by atoms with van der Waals surface area (Å²) in [5.74, 6) is 0. The number of aryl methyl sites for hydroxylation is 1. The Morgan fingerprint density at radius 2 is 1.76 bits per heavy atom. The molecule has 2 aliphatic heterocycles. The number of aromatic amines is 1. The lowest BCUT2D eigenvalue weighted by molar-refractivity contribution is 0.0766. The van der Waals surface area contributed by atoms with Gasteiger partial charge in [-0.25, -0.2) is 9.78 Å². The molecular weight excluding hydrogens is 364 g/mol. The Morgan fingerprint density at radius 1 is 1.03 bits per heavy atom. The van der Waals surface area contributed by atoms with Gasteiger partial charge in [0, 0.05) is 58.1 Å². The highest BCUT2D eigenvalue weighted by Gasteiger charge is 2.30. The molecule has 2 fully saturated rings. The quantitative estimate of drug-likeness (QED) is 0.738. The number of aromatic nitrogens is 4. The number of para-hydroxylation sites is 2. The summed E-state index contributed by atoms with van der Waals surface area (Å²) in [6.45, 7) is 5.41.